The van der Waals surface area contributed by atoms with Gasteiger partial charge < -0.3 is 0 Å². The number of aliphatic imine (C=N–C) groups is 1. The van der Waals surface area contributed by atoms with Crippen molar-refractivity contribution in [3.8, 4) is 22.5 Å². The Bertz CT molecular complexity index is 1150. The number of dihydropyridines is 1. The number of benzene rings is 1. The van der Waals surface area contributed by atoms with E-state index in [0.29, 0.717) is 17.2 Å². The standard InChI is InChI=1S/C20H11F5N4/c21-12-5-16(24)19(26-8-12)14-3-10(1-2-15(14)23)11-4-18(29-28-7-11)20-17(25)6-13(22)9-27-20/h1-9,16,19H. The molecule has 0 radical (unpaired) electrons. The minimum absolute atomic E-state index is 0.0370. The van der Waals surface area contributed by atoms with Gasteiger partial charge in [-0.05, 0) is 29.8 Å². The van der Waals surface area contributed by atoms with Crippen LogP contribution in [0, 0.1) is 17.5 Å². The number of hydrogen-bond acceptors (Lipinski definition) is 4. The molecule has 1 aliphatic rings. The summed E-state index contributed by atoms with van der Waals surface area (Å²) in [6.07, 6.45) is 1.92. The molecule has 4 rings (SSSR count). The lowest BCUT2D eigenvalue weighted by atomic mass is 9.96. The van der Waals surface area contributed by atoms with Crippen LogP contribution >= 0.6 is 0 Å². The van der Waals surface area contributed by atoms with Gasteiger partial charge in [-0.2, -0.15) is 5.10 Å². The average Bonchev–Trinajstić information content (AvgIpc) is 2.69. The Hall–Kier alpha value is -3.49. The van der Waals surface area contributed by atoms with Gasteiger partial charge in [0.05, 0.1) is 18.6 Å². The molecule has 29 heavy (non-hydrogen) atoms. The zero-order valence-corrected chi connectivity index (χ0v) is 14.5. The first-order valence-corrected chi connectivity index (χ1v) is 8.41. The lowest BCUT2D eigenvalue weighted by molar-refractivity contribution is 0.332. The van der Waals surface area contributed by atoms with Gasteiger partial charge in [0.1, 0.15) is 41.1 Å². The van der Waals surface area contributed by atoms with Gasteiger partial charge in [0.2, 0.25) is 0 Å². The third-order valence-electron chi connectivity index (χ3n) is 4.33. The molecule has 4 nitrogen and oxygen atoms in total. The molecule has 3 aromatic rings. The van der Waals surface area contributed by atoms with E-state index in [-0.39, 0.29) is 17.0 Å². The van der Waals surface area contributed by atoms with E-state index in [2.05, 4.69) is 20.2 Å². The summed E-state index contributed by atoms with van der Waals surface area (Å²) in [5, 5.41) is 7.58. The normalized spacial score (nSPS) is 18.6. The highest BCUT2D eigenvalue weighted by Crippen LogP contribution is 2.33. The van der Waals surface area contributed by atoms with Crippen molar-refractivity contribution < 1.29 is 22.0 Å². The van der Waals surface area contributed by atoms with Gasteiger partial charge in [-0.3, -0.25) is 4.99 Å². The topological polar surface area (TPSA) is 51.0 Å². The number of halogens is 5. The maximum Gasteiger partial charge on any atom is 0.154 e. The molecule has 0 fully saturated rings. The van der Waals surface area contributed by atoms with Gasteiger partial charge in [0.15, 0.2) is 5.82 Å². The molecule has 2 atom stereocenters. The minimum Gasteiger partial charge on any atom is -0.279 e. The molecule has 0 aliphatic carbocycles. The summed E-state index contributed by atoms with van der Waals surface area (Å²) in [5.74, 6) is -3.29. The van der Waals surface area contributed by atoms with Crippen molar-refractivity contribution in [3.05, 3.63) is 77.6 Å². The number of hydrogen-bond donors (Lipinski definition) is 0. The van der Waals surface area contributed by atoms with Crippen LogP contribution in [0.2, 0.25) is 0 Å². The molecule has 0 N–H and O–H groups in total. The van der Waals surface area contributed by atoms with Crippen LogP contribution < -0.4 is 0 Å². The van der Waals surface area contributed by atoms with Crippen LogP contribution in [-0.2, 0) is 0 Å². The molecule has 2 unspecified atom stereocenters. The van der Waals surface area contributed by atoms with Crippen molar-refractivity contribution >= 4 is 6.21 Å². The molecule has 3 heterocycles. The molecule has 0 saturated carbocycles. The van der Waals surface area contributed by atoms with Gasteiger partial charge >= 0.3 is 0 Å². The van der Waals surface area contributed by atoms with Crippen molar-refractivity contribution in [2.45, 2.75) is 12.2 Å². The van der Waals surface area contributed by atoms with E-state index in [1.807, 2.05) is 0 Å². The number of aromatic nitrogens is 3. The summed E-state index contributed by atoms with van der Waals surface area (Å²) in [4.78, 5) is 7.42. The molecule has 0 spiro atoms. The van der Waals surface area contributed by atoms with Gasteiger partial charge in [-0.1, -0.05) is 6.07 Å². The van der Waals surface area contributed by atoms with Crippen LogP contribution in [0.1, 0.15) is 11.6 Å². The Morgan fingerprint density at radius 1 is 0.862 bits per heavy atom. The van der Waals surface area contributed by atoms with E-state index < -0.39 is 35.5 Å². The van der Waals surface area contributed by atoms with Crippen LogP contribution in [0.4, 0.5) is 22.0 Å². The highest BCUT2D eigenvalue weighted by molar-refractivity contribution is 5.77. The van der Waals surface area contributed by atoms with E-state index in [1.54, 1.807) is 0 Å². The zero-order chi connectivity index (χ0) is 20.5. The smallest absolute Gasteiger partial charge is 0.154 e. The first-order chi connectivity index (χ1) is 13.9. The highest BCUT2D eigenvalue weighted by atomic mass is 19.2. The average molecular weight is 402 g/mol. The Kier molecular flexibility index (Phi) is 4.87. The third-order valence-corrected chi connectivity index (χ3v) is 4.33. The Labute approximate surface area is 161 Å². The van der Waals surface area contributed by atoms with Gasteiger partial charge in [-0.25, -0.2) is 26.9 Å². The Morgan fingerprint density at radius 3 is 2.45 bits per heavy atom. The van der Waals surface area contributed by atoms with Crippen molar-refractivity contribution in [3.63, 3.8) is 0 Å². The lowest BCUT2D eigenvalue weighted by Gasteiger charge is -2.19. The SMILES string of the molecule is FC1=CC(F)C(c2cc(-c3cnnc(-c4ncc(F)cc4F)c3)ccc2F)N=C1. The summed E-state index contributed by atoms with van der Waals surface area (Å²) >= 11 is 0. The second kappa shape index (κ2) is 7.50. The maximum absolute atomic E-state index is 14.3. The summed E-state index contributed by atoms with van der Waals surface area (Å²) in [5.41, 5.74) is 0.606. The molecule has 0 saturated heterocycles. The Balaban J connectivity index is 1.74. The lowest BCUT2D eigenvalue weighted by Crippen LogP contribution is -2.15. The fourth-order valence-corrected chi connectivity index (χ4v) is 2.97. The number of alkyl halides is 1. The second-order valence-electron chi connectivity index (χ2n) is 6.27. The molecule has 2 aromatic heterocycles. The van der Waals surface area contributed by atoms with Crippen molar-refractivity contribution in [1.29, 1.82) is 0 Å². The fourth-order valence-electron chi connectivity index (χ4n) is 2.97. The summed E-state index contributed by atoms with van der Waals surface area (Å²) in [7, 11) is 0. The molecule has 0 bridgehead atoms. The second-order valence-corrected chi connectivity index (χ2v) is 6.27. The first kappa shape index (κ1) is 18.9. The maximum atomic E-state index is 14.3. The van der Waals surface area contributed by atoms with Crippen LogP contribution in [0.3, 0.4) is 0 Å². The summed E-state index contributed by atoms with van der Waals surface area (Å²) < 4.78 is 68.7. The van der Waals surface area contributed by atoms with Crippen LogP contribution in [0.15, 0.2) is 59.6 Å². The van der Waals surface area contributed by atoms with E-state index in [9.17, 15) is 22.0 Å². The van der Waals surface area contributed by atoms with Crippen molar-refractivity contribution in [1.82, 2.24) is 15.2 Å². The minimum atomic E-state index is -1.83. The van der Waals surface area contributed by atoms with Crippen LogP contribution in [0.25, 0.3) is 22.5 Å². The Morgan fingerprint density at radius 2 is 1.69 bits per heavy atom. The van der Waals surface area contributed by atoms with Gasteiger partial charge in [-0.15, -0.1) is 5.10 Å². The molecule has 0 amide bonds. The highest BCUT2D eigenvalue weighted by Gasteiger charge is 2.27. The van der Waals surface area contributed by atoms with Gasteiger partial charge in [0, 0.05) is 17.2 Å². The molecule has 1 aliphatic heterocycles. The van der Waals surface area contributed by atoms with Crippen LogP contribution in [0.5, 0.6) is 0 Å². The third kappa shape index (κ3) is 3.75. The number of nitrogens with zero attached hydrogens (tertiary/aromatic N) is 4. The van der Waals surface area contributed by atoms with Crippen molar-refractivity contribution in [2.75, 3.05) is 0 Å². The predicted octanol–water partition coefficient (Wildman–Crippen LogP) is 4.94. The number of allylic oxidation sites excluding steroid dienone is 1. The molecule has 9 heteroatoms. The van der Waals surface area contributed by atoms with E-state index in [1.165, 1.54) is 24.4 Å². The van der Waals surface area contributed by atoms with E-state index in [0.717, 1.165) is 24.6 Å². The molecular weight excluding hydrogens is 391 g/mol. The predicted molar refractivity (Wildman–Crippen MR) is 95.9 cm³/mol. The number of pyridine rings is 1. The molecule has 146 valence electrons. The number of rotatable bonds is 3. The quantitative estimate of drug-likeness (QED) is 0.583. The zero-order valence-electron chi connectivity index (χ0n) is 14.5. The summed E-state index contributed by atoms with van der Waals surface area (Å²) in [6.45, 7) is 0. The first-order valence-electron chi connectivity index (χ1n) is 8.41. The van der Waals surface area contributed by atoms with E-state index in [4.69, 9.17) is 0 Å². The fraction of sp³-hybridized carbons (Fsp3) is 0.100. The monoisotopic (exact) mass is 402 g/mol. The van der Waals surface area contributed by atoms with Crippen LogP contribution in [-0.4, -0.2) is 27.6 Å². The van der Waals surface area contributed by atoms with E-state index >= 15 is 0 Å². The van der Waals surface area contributed by atoms with Gasteiger partial charge in [0.25, 0.3) is 0 Å². The van der Waals surface area contributed by atoms with Crippen molar-refractivity contribution in [2.24, 2.45) is 4.99 Å². The largest absolute Gasteiger partial charge is 0.279 e. The summed E-state index contributed by atoms with van der Waals surface area (Å²) in [6, 6.07) is 4.77. The molecular formula is C20H11F5N4. The molecule has 1 aromatic carbocycles.